The molecule has 0 unspecified atom stereocenters. The van der Waals surface area contributed by atoms with Crippen LogP contribution in [0, 0.1) is 0 Å². The summed E-state index contributed by atoms with van der Waals surface area (Å²) in [5.41, 5.74) is 7.48. The van der Waals surface area contributed by atoms with Crippen molar-refractivity contribution in [1.29, 1.82) is 0 Å². The minimum absolute atomic E-state index is 0.972. The second kappa shape index (κ2) is 7.01. The molecule has 0 fully saturated rings. The molecule has 3 aromatic heterocycles. The third-order valence-corrected chi connectivity index (χ3v) is 6.41. The van der Waals surface area contributed by atoms with Crippen LogP contribution >= 0.6 is 0 Å². The Bertz CT molecular complexity index is 1830. The third kappa shape index (κ3) is 2.76. The Balaban J connectivity index is 1.50. The van der Waals surface area contributed by atoms with Crippen molar-refractivity contribution in [2.45, 2.75) is 0 Å². The Labute approximate surface area is 190 Å². The summed E-state index contributed by atoms with van der Waals surface area (Å²) in [4.78, 5) is 9.68. The molecule has 0 N–H and O–H groups in total. The SMILES string of the molecule is c1cc(-c2ccc3ccccc3n2)cc(-n2c3ccccc3c3c4ccccc4ncc32)c1. The van der Waals surface area contributed by atoms with Crippen molar-refractivity contribution in [3.05, 3.63) is 115 Å². The predicted octanol–water partition coefficient (Wildman–Crippen LogP) is 7.55. The number of hydrogen-bond acceptors (Lipinski definition) is 2. The number of nitrogens with zero attached hydrogens (tertiary/aromatic N) is 3. The fourth-order valence-electron chi connectivity index (χ4n) is 4.90. The molecule has 0 spiro atoms. The highest BCUT2D eigenvalue weighted by Gasteiger charge is 2.15. The van der Waals surface area contributed by atoms with Gasteiger partial charge in [0.2, 0.25) is 0 Å². The number of aromatic nitrogens is 3. The van der Waals surface area contributed by atoms with Crippen LogP contribution < -0.4 is 0 Å². The van der Waals surface area contributed by atoms with Gasteiger partial charge >= 0.3 is 0 Å². The molecule has 3 heteroatoms. The lowest BCUT2D eigenvalue weighted by molar-refractivity contribution is 1.17. The van der Waals surface area contributed by atoms with Crippen LogP contribution in [0.4, 0.5) is 0 Å². The molecule has 0 aliphatic carbocycles. The van der Waals surface area contributed by atoms with Gasteiger partial charge in [0, 0.05) is 32.8 Å². The minimum atomic E-state index is 0.972. The van der Waals surface area contributed by atoms with E-state index in [1.54, 1.807) is 0 Å². The second-order valence-corrected chi connectivity index (χ2v) is 8.33. The molecule has 0 aliphatic heterocycles. The summed E-state index contributed by atoms with van der Waals surface area (Å²) in [7, 11) is 0. The summed E-state index contributed by atoms with van der Waals surface area (Å²) in [6.45, 7) is 0. The topological polar surface area (TPSA) is 30.7 Å². The van der Waals surface area contributed by atoms with Crippen LogP contribution in [0.3, 0.4) is 0 Å². The lowest BCUT2D eigenvalue weighted by atomic mass is 10.1. The largest absolute Gasteiger partial charge is 0.308 e. The van der Waals surface area contributed by atoms with Gasteiger partial charge in [0.05, 0.1) is 34.0 Å². The van der Waals surface area contributed by atoms with E-state index in [1.807, 2.05) is 24.4 Å². The molecular weight excluding hydrogens is 402 g/mol. The van der Waals surface area contributed by atoms with E-state index >= 15 is 0 Å². The number of rotatable bonds is 2. The van der Waals surface area contributed by atoms with Crippen LogP contribution in [0.15, 0.2) is 115 Å². The van der Waals surface area contributed by atoms with Gasteiger partial charge in [0.25, 0.3) is 0 Å². The third-order valence-electron chi connectivity index (χ3n) is 6.41. The Morgan fingerprint density at radius 3 is 2.30 bits per heavy atom. The summed E-state index contributed by atoms with van der Waals surface area (Å²) in [6, 6.07) is 38.1. The van der Waals surface area contributed by atoms with Gasteiger partial charge in [-0.2, -0.15) is 0 Å². The van der Waals surface area contributed by atoms with Gasteiger partial charge in [-0.1, -0.05) is 72.8 Å². The lowest BCUT2D eigenvalue weighted by Crippen LogP contribution is -1.95. The average Bonchev–Trinajstić information content (AvgIpc) is 3.23. The van der Waals surface area contributed by atoms with Gasteiger partial charge in [0.15, 0.2) is 0 Å². The van der Waals surface area contributed by atoms with Crippen molar-refractivity contribution in [2.75, 3.05) is 0 Å². The van der Waals surface area contributed by atoms with E-state index in [1.165, 1.54) is 21.7 Å². The van der Waals surface area contributed by atoms with Gasteiger partial charge in [0.1, 0.15) is 0 Å². The van der Waals surface area contributed by atoms with E-state index in [0.717, 1.165) is 38.9 Å². The summed E-state index contributed by atoms with van der Waals surface area (Å²) in [6.07, 6.45) is 2.00. The van der Waals surface area contributed by atoms with Crippen LogP contribution in [0.2, 0.25) is 0 Å². The highest BCUT2D eigenvalue weighted by atomic mass is 15.0. The number of fused-ring (bicyclic) bond motifs is 6. The monoisotopic (exact) mass is 421 g/mol. The molecule has 154 valence electrons. The maximum Gasteiger partial charge on any atom is 0.0730 e. The highest BCUT2D eigenvalue weighted by molar-refractivity contribution is 6.20. The Hall–Kier alpha value is -4.50. The van der Waals surface area contributed by atoms with Crippen molar-refractivity contribution >= 4 is 43.6 Å². The van der Waals surface area contributed by atoms with Crippen molar-refractivity contribution in [3.63, 3.8) is 0 Å². The summed E-state index contributed by atoms with van der Waals surface area (Å²) in [5.74, 6) is 0. The summed E-state index contributed by atoms with van der Waals surface area (Å²) in [5, 5.41) is 4.81. The molecule has 7 aromatic rings. The van der Waals surface area contributed by atoms with Crippen molar-refractivity contribution in [3.8, 4) is 16.9 Å². The fourth-order valence-corrected chi connectivity index (χ4v) is 4.90. The molecule has 0 bridgehead atoms. The first-order valence-corrected chi connectivity index (χ1v) is 11.1. The van der Waals surface area contributed by atoms with Crippen LogP contribution in [0.5, 0.6) is 0 Å². The van der Waals surface area contributed by atoms with E-state index in [0.29, 0.717) is 0 Å². The second-order valence-electron chi connectivity index (χ2n) is 8.33. The molecule has 0 amide bonds. The normalized spacial score (nSPS) is 11.6. The van der Waals surface area contributed by atoms with E-state index < -0.39 is 0 Å². The summed E-state index contributed by atoms with van der Waals surface area (Å²) >= 11 is 0. The van der Waals surface area contributed by atoms with Crippen LogP contribution in [-0.4, -0.2) is 14.5 Å². The van der Waals surface area contributed by atoms with E-state index in [9.17, 15) is 0 Å². The van der Waals surface area contributed by atoms with Crippen LogP contribution in [0.25, 0.3) is 60.6 Å². The standard InChI is InChI=1S/C30H19N3/c1-4-13-25-20(8-1)16-17-26(32-25)21-9-7-10-22(18-21)33-28-15-6-3-12-24(28)30-23-11-2-5-14-27(23)31-19-29(30)33/h1-19H. The lowest BCUT2D eigenvalue weighted by Gasteiger charge is -2.10. The summed E-state index contributed by atoms with van der Waals surface area (Å²) < 4.78 is 2.31. The molecule has 0 radical (unpaired) electrons. The zero-order valence-electron chi connectivity index (χ0n) is 17.8. The van der Waals surface area contributed by atoms with E-state index in [-0.39, 0.29) is 0 Å². The molecule has 33 heavy (non-hydrogen) atoms. The zero-order chi connectivity index (χ0) is 21.8. The predicted molar refractivity (Wildman–Crippen MR) is 137 cm³/mol. The number of pyridine rings is 2. The van der Waals surface area contributed by atoms with Crippen molar-refractivity contribution in [2.24, 2.45) is 0 Å². The molecule has 0 saturated heterocycles. The van der Waals surface area contributed by atoms with Crippen molar-refractivity contribution in [1.82, 2.24) is 14.5 Å². The first kappa shape index (κ1) is 18.1. The van der Waals surface area contributed by atoms with E-state index in [2.05, 4.69) is 95.6 Å². The number of hydrogen-bond donors (Lipinski definition) is 0. The maximum absolute atomic E-state index is 4.91. The van der Waals surface area contributed by atoms with Gasteiger partial charge in [-0.25, -0.2) is 4.98 Å². The van der Waals surface area contributed by atoms with Crippen molar-refractivity contribution < 1.29 is 0 Å². The van der Waals surface area contributed by atoms with E-state index in [4.69, 9.17) is 9.97 Å². The minimum Gasteiger partial charge on any atom is -0.308 e. The smallest absolute Gasteiger partial charge is 0.0730 e. The van der Waals surface area contributed by atoms with Gasteiger partial charge < -0.3 is 4.57 Å². The first-order chi connectivity index (χ1) is 16.4. The molecule has 3 nitrogen and oxygen atoms in total. The fraction of sp³-hybridized carbons (Fsp3) is 0. The van der Waals surface area contributed by atoms with Crippen LogP contribution in [-0.2, 0) is 0 Å². The van der Waals surface area contributed by atoms with Gasteiger partial charge in [-0.3, -0.25) is 4.98 Å². The molecule has 0 aliphatic rings. The molecule has 0 atom stereocenters. The molecule has 3 heterocycles. The Kier molecular flexibility index (Phi) is 3.84. The Morgan fingerprint density at radius 2 is 1.36 bits per heavy atom. The number of para-hydroxylation sites is 3. The number of benzene rings is 4. The Morgan fingerprint density at radius 1 is 0.576 bits per heavy atom. The maximum atomic E-state index is 4.91. The van der Waals surface area contributed by atoms with Gasteiger partial charge in [-0.15, -0.1) is 0 Å². The quantitative estimate of drug-likeness (QED) is 0.289. The average molecular weight is 422 g/mol. The molecule has 7 rings (SSSR count). The highest BCUT2D eigenvalue weighted by Crippen LogP contribution is 2.36. The first-order valence-electron chi connectivity index (χ1n) is 11.1. The molecule has 4 aromatic carbocycles. The molecule has 0 saturated carbocycles. The zero-order valence-corrected chi connectivity index (χ0v) is 17.8. The van der Waals surface area contributed by atoms with Crippen LogP contribution in [0.1, 0.15) is 0 Å². The molecular formula is C30H19N3. The van der Waals surface area contributed by atoms with Gasteiger partial charge in [-0.05, 0) is 36.4 Å².